The van der Waals surface area contributed by atoms with Gasteiger partial charge in [0.25, 0.3) is 0 Å². The number of aliphatic hydroxyl groups is 1. The first-order valence-corrected chi connectivity index (χ1v) is 9.98. The zero-order valence-electron chi connectivity index (χ0n) is 14.5. The van der Waals surface area contributed by atoms with Gasteiger partial charge in [-0.2, -0.15) is 11.8 Å². The Balaban J connectivity index is 0.00000264. The van der Waals surface area contributed by atoms with Gasteiger partial charge in [-0.1, -0.05) is 31.5 Å². The Morgan fingerprint density at radius 3 is 2.70 bits per heavy atom. The Morgan fingerprint density at radius 1 is 1.17 bits per heavy atom. The maximum Gasteiger partial charge on any atom is 0.0940 e. The van der Waals surface area contributed by atoms with Crippen molar-refractivity contribution in [2.24, 2.45) is 0 Å². The molecule has 2 unspecified atom stereocenters. The minimum absolute atomic E-state index is 0. The van der Waals surface area contributed by atoms with Crippen molar-refractivity contribution in [3.63, 3.8) is 0 Å². The molecule has 0 saturated heterocycles. The van der Waals surface area contributed by atoms with E-state index in [2.05, 4.69) is 37.4 Å². The lowest BCUT2D eigenvalue weighted by Crippen LogP contribution is -2.33. The van der Waals surface area contributed by atoms with Crippen molar-refractivity contribution in [3.8, 4) is 0 Å². The Labute approximate surface area is 152 Å². The van der Waals surface area contributed by atoms with Gasteiger partial charge >= 0.3 is 0 Å². The minimum Gasteiger partial charge on any atom is -0.387 e. The maximum absolute atomic E-state index is 10.5. The van der Waals surface area contributed by atoms with Crippen LogP contribution in [0.4, 0.5) is 0 Å². The van der Waals surface area contributed by atoms with Crippen molar-refractivity contribution in [1.29, 1.82) is 0 Å². The standard InChI is InChI=1S/C19H31NOS.ClH/c1-3-4-12-22-13-6-11-20-15(2)19(21)18-10-9-16-7-5-8-17(16)14-18;/h9-10,14-15,19-21H,3-8,11-13H2,1-2H3;1H. The van der Waals surface area contributed by atoms with Crippen LogP contribution in [0.3, 0.4) is 0 Å². The van der Waals surface area contributed by atoms with E-state index in [1.165, 1.54) is 61.2 Å². The Kier molecular flexibility index (Phi) is 10.3. The lowest BCUT2D eigenvalue weighted by atomic mass is 9.99. The molecule has 1 aromatic rings. The van der Waals surface area contributed by atoms with Crippen LogP contribution < -0.4 is 5.32 Å². The van der Waals surface area contributed by atoms with Gasteiger partial charge in [0.05, 0.1) is 6.10 Å². The summed E-state index contributed by atoms with van der Waals surface area (Å²) in [6.07, 6.45) is 7.02. The first kappa shape index (κ1) is 20.8. The van der Waals surface area contributed by atoms with Crippen molar-refractivity contribution in [3.05, 3.63) is 34.9 Å². The SMILES string of the molecule is CCCCSCCCNC(C)C(O)c1ccc2c(c1)CCC2.Cl. The smallest absolute Gasteiger partial charge is 0.0940 e. The van der Waals surface area contributed by atoms with Crippen molar-refractivity contribution in [2.75, 3.05) is 18.1 Å². The summed E-state index contributed by atoms with van der Waals surface area (Å²) in [6.45, 7) is 5.31. The van der Waals surface area contributed by atoms with Gasteiger partial charge in [-0.15, -0.1) is 12.4 Å². The van der Waals surface area contributed by atoms with Crippen LogP contribution in [0.15, 0.2) is 18.2 Å². The van der Waals surface area contributed by atoms with Gasteiger partial charge in [-0.3, -0.25) is 0 Å². The molecule has 0 fully saturated rings. The van der Waals surface area contributed by atoms with Crippen LogP contribution in [0.25, 0.3) is 0 Å². The summed E-state index contributed by atoms with van der Waals surface area (Å²) in [4.78, 5) is 0. The second-order valence-corrected chi connectivity index (χ2v) is 7.61. The molecule has 4 heteroatoms. The number of rotatable bonds is 10. The van der Waals surface area contributed by atoms with Gasteiger partial charge in [0.15, 0.2) is 0 Å². The molecule has 0 aliphatic heterocycles. The number of fused-ring (bicyclic) bond motifs is 1. The highest BCUT2D eigenvalue weighted by atomic mass is 35.5. The summed E-state index contributed by atoms with van der Waals surface area (Å²) in [6, 6.07) is 6.64. The number of aryl methyl sites for hydroxylation is 2. The van der Waals surface area contributed by atoms with Crippen LogP contribution in [-0.2, 0) is 12.8 Å². The average molecular weight is 358 g/mol. The van der Waals surface area contributed by atoms with Crippen LogP contribution in [-0.4, -0.2) is 29.2 Å². The number of halogens is 1. The molecule has 0 spiro atoms. The summed E-state index contributed by atoms with van der Waals surface area (Å²) in [7, 11) is 0. The second kappa shape index (κ2) is 11.4. The number of hydrogen-bond acceptors (Lipinski definition) is 3. The molecule has 0 aromatic heterocycles. The molecule has 2 rings (SSSR count). The number of unbranched alkanes of at least 4 members (excludes halogenated alkanes) is 1. The van der Waals surface area contributed by atoms with Crippen LogP contribution in [0.5, 0.6) is 0 Å². The van der Waals surface area contributed by atoms with Gasteiger partial charge in [-0.25, -0.2) is 0 Å². The molecular formula is C19H32ClNOS. The molecular weight excluding hydrogens is 326 g/mol. The highest BCUT2D eigenvalue weighted by Gasteiger charge is 2.18. The molecule has 0 radical (unpaired) electrons. The Hall–Kier alpha value is -0.220. The topological polar surface area (TPSA) is 32.3 Å². The molecule has 1 aliphatic carbocycles. The van der Waals surface area contributed by atoms with Gasteiger partial charge in [0.2, 0.25) is 0 Å². The molecule has 1 aromatic carbocycles. The quantitative estimate of drug-likeness (QED) is 0.603. The fraction of sp³-hybridized carbons (Fsp3) is 0.684. The van der Waals surface area contributed by atoms with Crippen LogP contribution in [0, 0.1) is 0 Å². The Morgan fingerprint density at radius 2 is 1.91 bits per heavy atom. The molecule has 2 N–H and O–H groups in total. The van der Waals surface area contributed by atoms with Crippen molar-refractivity contribution in [1.82, 2.24) is 5.32 Å². The zero-order valence-corrected chi connectivity index (χ0v) is 16.1. The fourth-order valence-electron chi connectivity index (χ4n) is 3.03. The van der Waals surface area contributed by atoms with E-state index in [4.69, 9.17) is 0 Å². The first-order valence-electron chi connectivity index (χ1n) is 8.83. The minimum atomic E-state index is -0.404. The molecule has 0 amide bonds. The molecule has 0 bridgehead atoms. The van der Waals surface area contributed by atoms with Gasteiger partial charge < -0.3 is 10.4 Å². The summed E-state index contributed by atoms with van der Waals surface area (Å²) >= 11 is 2.05. The van der Waals surface area contributed by atoms with Crippen LogP contribution in [0.2, 0.25) is 0 Å². The lowest BCUT2D eigenvalue weighted by molar-refractivity contribution is 0.136. The zero-order chi connectivity index (χ0) is 15.8. The van der Waals surface area contributed by atoms with E-state index < -0.39 is 6.10 Å². The van der Waals surface area contributed by atoms with Gasteiger partial charge in [0.1, 0.15) is 0 Å². The number of thioether (sulfide) groups is 1. The van der Waals surface area contributed by atoms with E-state index in [0.29, 0.717) is 0 Å². The Bertz CT molecular complexity index is 455. The third-order valence-corrected chi connectivity index (χ3v) is 5.67. The second-order valence-electron chi connectivity index (χ2n) is 6.39. The van der Waals surface area contributed by atoms with E-state index in [1.807, 2.05) is 11.8 Å². The number of hydrogen-bond donors (Lipinski definition) is 2. The molecule has 0 saturated carbocycles. The highest BCUT2D eigenvalue weighted by Crippen LogP contribution is 2.26. The van der Waals surface area contributed by atoms with E-state index in [9.17, 15) is 5.11 Å². The monoisotopic (exact) mass is 357 g/mol. The molecule has 1 aliphatic rings. The number of aliphatic hydroxyl groups excluding tert-OH is 1. The molecule has 2 nitrogen and oxygen atoms in total. The lowest BCUT2D eigenvalue weighted by Gasteiger charge is -2.21. The maximum atomic E-state index is 10.5. The number of benzene rings is 1. The first-order chi connectivity index (χ1) is 10.7. The normalized spacial score (nSPS) is 15.8. The fourth-order valence-corrected chi connectivity index (χ4v) is 4.07. The van der Waals surface area contributed by atoms with E-state index in [0.717, 1.165) is 12.1 Å². The molecule has 132 valence electrons. The van der Waals surface area contributed by atoms with E-state index >= 15 is 0 Å². The van der Waals surface area contributed by atoms with E-state index in [-0.39, 0.29) is 18.4 Å². The van der Waals surface area contributed by atoms with Gasteiger partial charge in [0, 0.05) is 6.04 Å². The van der Waals surface area contributed by atoms with Gasteiger partial charge in [-0.05, 0) is 73.8 Å². The predicted molar refractivity (Wildman–Crippen MR) is 105 cm³/mol. The third-order valence-electron chi connectivity index (χ3n) is 4.51. The van der Waals surface area contributed by atoms with Crippen LogP contribution >= 0.6 is 24.2 Å². The predicted octanol–water partition coefficient (Wildman–Crippen LogP) is 4.53. The van der Waals surface area contributed by atoms with Crippen LogP contribution in [0.1, 0.15) is 62.3 Å². The van der Waals surface area contributed by atoms with Crippen molar-refractivity contribution in [2.45, 2.75) is 64.5 Å². The van der Waals surface area contributed by atoms with Crippen molar-refractivity contribution >= 4 is 24.2 Å². The summed E-state index contributed by atoms with van der Waals surface area (Å²) in [5.41, 5.74) is 3.98. The van der Waals surface area contributed by atoms with Crippen molar-refractivity contribution < 1.29 is 5.11 Å². The summed E-state index contributed by atoms with van der Waals surface area (Å²) in [5, 5.41) is 14.0. The third kappa shape index (κ3) is 6.66. The highest BCUT2D eigenvalue weighted by molar-refractivity contribution is 7.99. The average Bonchev–Trinajstić information content (AvgIpc) is 3.00. The summed E-state index contributed by atoms with van der Waals surface area (Å²) in [5.74, 6) is 2.50. The molecule has 23 heavy (non-hydrogen) atoms. The molecule has 0 heterocycles. The van der Waals surface area contributed by atoms with E-state index in [1.54, 1.807) is 0 Å². The number of nitrogens with one attached hydrogen (secondary N) is 1. The summed E-state index contributed by atoms with van der Waals surface area (Å²) < 4.78 is 0. The largest absolute Gasteiger partial charge is 0.387 e. The molecule has 2 atom stereocenters.